The van der Waals surface area contributed by atoms with Crippen molar-refractivity contribution in [3.05, 3.63) is 11.6 Å². The average molecular weight is 457 g/mol. The van der Waals surface area contributed by atoms with Crippen LogP contribution in [0.4, 0.5) is 0 Å². The number of carboxylic acids is 2. The highest BCUT2D eigenvalue weighted by atomic mass is 32.2. The second-order valence-corrected chi connectivity index (χ2v) is 10.1. The lowest BCUT2D eigenvalue weighted by Crippen LogP contribution is -2.38. The number of aliphatic hydroxyl groups excluding tert-OH is 1. The molecule has 0 spiro atoms. The van der Waals surface area contributed by atoms with Gasteiger partial charge in [-0.15, -0.1) is 11.8 Å². The van der Waals surface area contributed by atoms with Gasteiger partial charge in [-0.1, -0.05) is 82.8 Å². The molecular formula is C25H44O5S. The third-order valence-corrected chi connectivity index (χ3v) is 7.65. The van der Waals surface area contributed by atoms with Gasteiger partial charge in [0.2, 0.25) is 0 Å². The Bertz CT molecular complexity index is 534. The number of aliphatic hydroxyl groups is 1. The molecule has 1 aliphatic rings. The first-order chi connectivity index (χ1) is 15.0. The van der Waals surface area contributed by atoms with Crippen molar-refractivity contribution in [1.29, 1.82) is 0 Å². The van der Waals surface area contributed by atoms with E-state index >= 15 is 0 Å². The summed E-state index contributed by atoms with van der Waals surface area (Å²) >= 11 is 1.28. The number of carboxylic acid groups (broad SMARTS) is 2. The molecule has 3 N–H and O–H groups in total. The van der Waals surface area contributed by atoms with Crippen LogP contribution in [0.5, 0.6) is 0 Å². The van der Waals surface area contributed by atoms with Gasteiger partial charge in [-0.05, 0) is 38.0 Å². The van der Waals surface area contributed by atoms with Gasteiger partial charge in [0.1, 0.15) is 0 Å². The summed E-state index contributed by atoms with van der Waals surface area (Å²) in [6.45, 7) is 2.25. The van der Waals surface area contributed by atoms with Crippen LogP contribution < -0.4 is 0 Å². The summed E-state index contributed by atoms with van der Waals surface area (Å²) in [5.74, 6) is -1.83. The molecule has 0 aromatic heterocycles. The van der Waals surface area contributed by atoms with E-state index in [2.05, 4.69) is 13.0 Å². The first kappa shape index (κ1) is 28.0. The lowest BCUT2D eigenvalue weighted by atomic mass is 9.80. The van der Waals surface area contributed by atoms with Crippen LogP contribution in [0, 0.1) is 5.92 Å². The molecule has 0 bridgehead atoms. The molecule has 1 fully saturated rings. The molecule has 0 saturated heterocycles. The van der Waals surface area contributed by atoms with Crippen molar-refractivity contribution >= 4 is 23.7 Å². The van der Waals surface area contributed by atoms with Crippen molar-refractivity contribution < 1.29 is 24.9 Å². The monoisotopic (exact) mass is 456 g/mol. The van der Waals surface area contributed by atoms with Gasteiger partial charge in [-0.3, -0.25) is 9.59 Å². The third kappa shape index (κ3) is 13.2. The molecule has 0 aromatic rings. The molecule has 5 nitrogen and oxygen atoms in total. The van der Waals surface area contributed by atoms with Crippen molar-refractivity contribution in [3.8, 4) is 0 Å². The number of aliphatic carboxylic acids is 2. The Morgan fingerprint density at radius 1 is 0.935 bits per heavy atom. The van der Waals surface area contributed by atoms with Gasteiger partial charge in [-0.25, -0.2) is 0 Å². The summed E-state index contributed by atoms with van der Waals surface area (Å²) in [5, 5.41) is 28.5. The predicted molar refractivity (Wildman–Crippen MR) is 129 cm³/mol. The normalized spacial score (nSPS) is 22.6. The summed E-state index contributed by atoms with van der Waals surface area (Å²) in [6.07, 6.45) is 19.1. The molecular weight excluding hydrogens is 412 g/mol. The van der Waals surface area contributed by atoms with E-state index in [0.717, 1.165) is 31.3 Å². The van der Waals surface area contributed by atoms with E-state index in [0.29, 0.717) is 6.42 Å². The second-order valence-electron chi connectivity index (χ2n) is 8.95. The van der Waals surface area contributed by atoms with Crippen LogP contribution in [0.25, 0.3) is 0 Å². The quantitative estimate of drug-likeness (QED) is 0.162. The van der Waals surface area contributed by atoms with Crippen LogP contribution in [-0.4, -0.2) is 44.4 Å². The Morgan fingerprint density at radius 2 is 1.52 bits per heavy atom. The minimum Gasteiger partial charge on any atom is -0.481 e. The van der Waals surface area contributed by atoms with Gasteiger partial charge < -0.3 is 15.3 Å². The summed E-state index contributed by atoms with van der Waals surface area (Å²) in [6, 6.07) is 0. The molecule has 1 saturated carbocycles. The molecule has 1 aliphatic carbocycles. The van der Waals surface area contributed by atoms with Crippen LogP contribution in [0.15, 0.2) is 11.6 Å². The van der Waals surface area contributed by atoms with E-state index in [9.17, 15) is 14.7 Å². The smallest absolute Gasteiger partial charge is 0.313 e. The zero-order valence-electron chi connectivity index (χ0n) is 19.4. The Labute approximate surface area is 193 Å². The van der Waals surface area contributed by atoms with Gasteiger partial charge >= 0.3 is 11.9 Å². The lowest BCUT2D eigenvalue weighted by molar-refractivity contribution is -0.137. The zero-order valence-corrected chi connectivity index (χ0v) is 20.2. The van der Waals surface area contributed by atoms with E-state index < -0.39 is 18.0 Å². The molecule has 180 valence electrons. The maximum Gasteiger partial charge on any atom is 0.313 e. The number of hydrogen-bond donors (Lipinski definition) is 3. The Morgan fingerprint density at radius 3 is 2.06 bits per heavy atom. The molecule has 0 amide bonds. The highest BCUT2D eigenvalue weighted by Gasteiger charge is 2.35. The lowest BCUT2D eigenvalue weighted by Gasteiger charge is -2.36. The van der Waals surface area contributed by atoms with Gasteiger partial charge in [0.15, 0.2) is 0 Å². The summed E-state index contributed by atoms with van der Waals surface area (Å²) in [4.78, 5) is 21.9. The SMILES string of the molecule is CCCCCCCCCCCCCC=C1CC[C@@H](CCC(=O)O)[C@@H](O)[C@@H]1SCC(=O)O. The van der Waals surface area contributed by atoms with Gasteiger partial charge in [0.25, 0.3) is 0 Å². The number of allylic oxidation sites excluding steroid dienone is 1. The van der Waals surface area contributed by atoms with E-state index in [1.54, 1.807) is 0 Å². The predicted octanol–water partition coefficient (Wildman–Crippen LogP) is 6.44. The van der Waals surface area contributed by atoms with Gasteiger partial charge in [0.05, 0.1) is 17.1 Å². The molecule has 31 heavy (non-hydrogen) atoms. The van der Waals surface area contributed by atoms with Crippen LogP contribution in [0.2, 0.25) is 0 Å². The highest BCUT2D eigenvalue weighted by molar-refractivity contribution is 8.00. The number of hydrogen-bond acceptors (Lipinski definition) is 4. The fourth-order valence-electron chi connectivity index (χ4n) is 4.44. The summed E-state index contributed by atoms with van der Waals surface area (Å²) in [5.41, 5.74) is 1.15. The van der Waals surface area contributed by atoms with Crippen molar-refractivity contribution in [3.63, 3.8) is 0 Å². The molecule has 0 aromatic carbocycles. The first-order valence-corrected chi connectivity index (χ1v) is 13.4. The van der Waals surface area contributed by atoms with Crippen molar-refractivity contribution in [2.75, 3.05) is 5.75 Å². The number of unbranched alkanes of at least 4 members (excludes halogenated alkanes) is 11. The van der Waals surface area contributed by atoms with Gasteiger partial charge in [0, 0.05) is 6.42 Å². The second kappa shape index (κ2) is 17.5. The fourth-order valence-corrected chi connectivity index (χ4v) is 5.61. The maximum atomic E-state index is 11.0. The summed E-state index contributed by atoms with van der Waals surface area (Å²) < 4.78 is 0. The highest BCUT2D eigenvalue weighted by Crippen LogP contribution is 2.38. The van der Waals surface area contributed by atoms with Crippen molar-refractivity contribution in [2.45, 2.75) is 121 Å². The van der Waals surface area contributed by atoms with Crippen LogP contribution in [-0.2, 0) is 9.59 Å². The number of rotatable bonds is 18. The standard InChI is InChI=1S/C25H44O5S/c1-2-3-4-5-6-7-8-9-10-11-12-13-14-21-16-15-20(17-18-22(26)27)24(30)25(21)31-19-23(28)29/h14,20,24-25,30H,2-13,15-19H2,1H3,(H,26,27)(H,28,29)/t20-,24+,25+/m0/s1. The topological polar surface area (TPSA) is 94.8 Å². The Balaban J connectivity index is 2.32. The largest absolute Gasteiger partial charge is 0.481 e. The average Bonchev–Trinajstić information content (AvgIpc) is 2.73. The minimum atomic E-state index is -0.880. The minimum absolute atomic E-state index is 0.0385. The van der Waals surface area contributed by atoms with Crippen molar-refractivity contribution in [2.24, 2.45) is 5.92 Å². The molecule has 3 atom stereocenters. The number of thioether (sulfide) groups is 1. The molecule has 0 heterocycles. The van der Waals surface area contributed by atoms with Crippen molar-refractivity contribution in [1.82, 2.24) is 0 Å². The van der Waals surface area contributed by atoms with Crippen LogP contribution >= 0.6 is 11.8 Å². The third-order valence-electron chi connectivity index (χ3n) is 6.29. The van der Waals surface area contributed by atoms with E-state index in [1.807, 2.05) is 0 Å². The van der Waals surface area contributed by atoms with Crippen LogP contribution in [0.3, 0.4) is 0 Å². The van der Waals surface area contributed by atoms with E-state index in [1.165, 1.54) is 76.0 Å². The Kier molecular flexibility index (Phi) is 15.9. The molecule has 6 heteroatoms. The maximum absolute atomic E-state index is 11.0. The van der Waals surface area contributed by atoms with Gasteiger partial charge in [-0.2, -0.15) is 0 Å². The molecule has 0 radical (unpaired) electrons. The molecule has 0 unspecified atom stereocenters. The van der Waals surface area contributed by atoms with Crippen LogP contribution in [0.1, 0.15) is 110 Å². The summed E-state index contributed by atoms with van der Waals surface area (Å²) in [7, 11) is 0. The number of carbonyl (C=O) groups is 2. The fraction of sp³-hybridized carbons (Fsp3) is 0.840. The van der Waals surface area contributed by atoms with E-state index in [4.69, 9.17) is 10.2 Å². The molecule has 1 rings (SSSR count). The molecule has 0 aliphatic heterocycles. The Hall–Kier alpha value is -1.01. The first-order valence-electron chi connectivity index (χ1n) is 12.4. The van der Waals surface area contributed by atoms with E-state index in [-0.39, 0.29) is 23.3 Å². The zero-order chi connectivity index (χ0) is 22.9.